The molecular formula is C21H33N3O5. The molecule has 0 aliphatic carbocycles. The molecule has 0 saturated carbocycles. The molecule has 2 atom stereocenters. The maximum Gasteiger partial charge on any atom is 0.220 e. The number of nitrogens with one attached hydrogen (secondary N) is 1. The maximum atomic E-state index is 12.0. The molecule has 2 aliphatic rings. The fourth-order valence-electron chi connectivity index (χ4n) is 4.53. The lowest BCUT2D eigenvalue weighted by Gasteiger charge is -2.53. The van der Waals surface area contributed by atoms with E-state index in [9.17, 15) is 20.1 Å². The highest BCUT2D eigenvalue weighted by molar-refractivity contribution is 5.76. The first-order valence-corrected chi connectivity index (χ1v) is 10.4. The molecule has 29 heavy (non-hydrogen) atoms. The van der Waals surface area contributed by atoms with Gasteiger partial charge in [-0.2, -0.15) is 0 Å². The number of nitrogens with zero attached hydrogens (tertiary/aromatic N) is 2. The second-order valence-electron chi connectivity index (χ2n) is 8.52. The van der Waals surface area contributed by atoms with Crippen LogP contribution in [-0.2, 0) is 22.7 Å². The average Bonchev–Trinajstić information content (AvgIpc) is 2.71. The number of ether oxygens (including phenoxy) is 1. The zero-order valence-electron chi connectivity index (χ0n) is 17.6. The van der Waals surface area contributed by atoms with E-state index in [1.54, 1.807) is 20.0 Å². The van der Waals surface area contributed by atoms with Gasteiger partial charge in [-0.25, -0.2) is 0 Å². The minimum Gasteiger partial charge on any atom is -0.506 e. The molecule has 3 heterocycles. The number of aromatic nitrogens is 1. The number of amides is 1. The highest BCUT2D eigenvalue weighted by Crippen LogP contribution is 2.40. The largest absolute Gasteiger partial charge is 0.506 e. The molecule has 0 aromatic carbocycles. The number of hydrogen-bond acceptors (Lipinski definition) is 7. The van der Waals surface area contributed by atoms with Crippen molar-refractivity contribution in [3.05, 3.63) is 23.0 Å². The zero-order valence-corrected chi connectivity index (χ0v) is 17.6. The topological polar surface area (TPSA) is 115 Å². The number of carbonyl (C=O) groups is 1. The fraction of sp³-hybridized carbons (Fsp3) is 0.714. The van der Waals surface area contributed by atoms with E-state index in [-0.39, 0.29) is 18.3 Å². The molecule has 1 aromatic heterocycles. The van der Waals surface area contributed by atoms with E-state index in [2.05, 4.69) is 15.2 Å². The number of pyridine rings is 1. The highest BCUT2D eigenvalue weighted by atomic mass is 16.5. The summed E-state index contributed by atoms with van der Waals surface area (Å²) in [5.41, 5.74) is 0.482. The van der Waals surface area contributed by atoms with Crippen molar-refractivity contribution in [1.29, 1.82) is 0 Å². The summed E-state index contributed by atoms with van der Waals surface area (Å²) in [5, 5.41) is 34.1. The Labute approximate surface area is 171 Å². The summed E-state index contributed by atoms with van der Waals surface area (Å²) in [4.78, 5) is 18.3. The monoisotopic (exact) mass is 407 g/mol. The van der Waals surface area contributed by atoms with Crippen molar-refractivity contribution in [1.82, 2.24) is 15.2 Å². The van der Waals surface area contributed by atoms with Gasteiger partial charge in [0.1, 0.15) is 11.9 Å². The van der Waals surface area contributed by atoms with Gasteiger partial charge in [-0.05, 0) is 33.1 Å². The number of aromatic hydroxyl groups is 1. The van der Waals surface area contributed by atoms with Crippen LogP contribution in [0.15, 0.2) is 6.20 Å². The zero-order chi connectivity index (χ0) is 21.2. The number of piperidine rings is 1. The Kier molecular flexibility index (Phi) is 6.48. The summed E-state index contributed by atoms with van der Waals surface area (Å²) in [6.45, 7) is 7.62. The van der Waals surface area contributed by atoms with Crippen LogP contribution in [-0.4, -0.2) is 68.1 Å². The third-order valence-electron chi connectivity index (χ3n) is 6.54. The smallest absolute Gasteiger partial charge is 0.220 e. The first-order chi connectivity index (χ1) is 13.7. The van der Waals surface area contributed by atoms with E-state index in [0.717, 1.165) is 0 Å². The van der Waals surface area contributed by atoms with Gasteiger partial charge < -0.3 is 25.4 Å². The van der Waals surface area contributed by atoms with Crippen molar-refractivity contribution in [2.24, 2.45) is 0 Å². The van der Waals surface area contributed by atoms with Crippen molar-refractivity contribution in [3.63, 3.8) is 0 Å². The number of aryl methyl sites for hydroxylation is 1. The van der Waals surface area contributed by atoms with Crippen LogP contribution < -0.4 is 5.32 Å². The quantitative estimate of drug-likeness (QED) is 0.575. The molecular weight excluding hydrogens is 374 g/mol. The van der Waals surface area contributed by atoms with E-state index in [1.165, 1.54) is 0 Å². The van der Waals surface area contributed by atoms with Crippen molar-refractivity contribution >= 4 is 5.91 Å². The number of carbonyl (C=O) groups excluding carboxylic acids is 1. The summed E-state index contributed by atoms with van der Waals surface area (Å²) in [6, 6.07) is 0. The van der Waals surface area contributed by atoms with E-state index in [0.29, 0.717) is 68.7 Å². The molecule has 162 valence electrons. The van der Waals surface area contributed by atoms with Gasteiger partial charge in [-0.1, -0.05) is 6.92 Å². The Morgan fingerprint density at radius 1 is 1.38 bits per heavy atom. The number of rotatable bonds is 5. The van der Waals surface area contributed by atoms with Crippen LogP contribution in [0, 0.1) is 6.92 Å². The Morgan fingerprint density at radius 2 is 2.07 bits per heavy atom. The molecule has 0 radical (unpaired) electrons. The van der Waals surface area contributed by atoms with Gasteiger partial charge >= 0.3 is 0 Å². The second-order valence-corrected chi connectivity index (χ2v) is 8.52. The Bertz CT molecular complexity index is 748. The van der Waals surface area contributed by atoms with Gasteiger partial charge in [0, 0.05) is 50.0 Å². The minimum atomic E-state index is -0.786. The third-order valence-corrected chi connectivity index (χ3v) is 6.54. The van der Waals surface area contributed by atoms with Crippen LogP contribution in [0.3, 0.4) is 0 Å². The normalized spacial score (nSPS) is 27.1. The SMILES string of the molecule is CCC(=O)N[C@]1(C)CCOC2(CCN(Cc3c(CO)cnc(C)c3O)CC2)[C@H]1O. The predicted molar refractivity (Wildman–Crippen MR) is 107 cm³/mol. The summed E-state index contributed by atoms with van der Waals surface area (Å²) >= 11 is 0. The standard InChI is InChI=1S/C21H33N3O5/c1-4-17(26)23-20(3)7-10-29-21(19(20)28)5-8-24(9-6-21)12-16-15(13-25)11-22-14(2)18(16)27/h11,19,25,27-28H,4-10,12-13H2,1-3H3,(H,23,26)/t19-,20+/m0/s1. The van der Waals surface area contributed by atoms with Crippen LogP contribution in [0.25, 0.3) is 0 Å². The fourth-order valence-corrected chi connectivity index (χ4v) is 4.53. The Morgan fingerprint density at radius 3 is 2.69 bits per heavy atom. The average molecular weight is 408 g/mol. The number of aliphatic hydroxyl groups excluding tert-OH is 2. The maximum absolute atomic E-state index is 12.0. The first-order valence-electron chi connectivity index (χ1n) is 10.4. The lowest BCUT2D eigenvalue weighted by molar-refractivity contribution is -0.208. The van der Waals surface area contributed by atoms with Gasteiger partial charge in [-0.15, -0.1) is 0 Å². The molecule has 8 heteroatoms. The van der Waals surface area contributed by atoms with E-state index < -0.39 is 17.2 Å². The summed E-state index contributed by atoms with van der Waals surface area (Å²) in [5.74, 6) is 0.0572. The molecule has 2 fully saturated rings. The Hall–Kier alpha value is -1.74. The van der Waals surface area contributed by atoms with Crippen LogP contribution in [0.5, 0.6) is 5.75 Å². The van der Waals surface area contributed by atoms with Crippen molar-refractivity contribution in [2.75, 3.05) is 19.7 Å². The molecule has 1 spiro atoms. The van der Waals surface area contributed by atoms with Crippen molar-refractivity contribution < 1.29 is 24.9 Å². The van der Waals surface area contributed by atoms with Crippen LogP contribution >= 0.6 is 0 Å². The van der Waals surface area contributed by atoms with Gasteiger partial charge in [0.25, 0.3) is 0 Å². The second kappa shape index (κ2) is 8.55. The molecule has 8 nitrogen and oxygen atoms in total. The van der Waals surface area contributed by atoms with E-state index >= 15 is 0 Å². The van der Waals surface area contributed by atoms with E-state index in [4.69, 9.17) is 4.74 Å². The van der Waals surface area contributed by atoms with Crippen LogP contribution in [0.2, 0.25) is 0 Å². The summed E-state index contributed by atoms with van der Waals surface area (Å²) in [7, 11) is 0. The first kappa shape index (κ1) is 22.0. The van der Waals surface area contributed by atoms with Crippen LogP contribution in [0.1, 0.15) is 56.4 Å². The minimum absolute atomic E-state index is 0.0684. The molecule has 0 unspecified atom stereocenters. The molecule has 1 amide bonds. The van der Waals surface area contributed by atoms with Crippen molar-refractivity contribution in [2.45, 2.75) is 76.9 Å². The molecule has 3 rings (SSSR count). The predicted octanol–water partition coefficient (Wildman–Crippen LogP) is 0.989. The lowest BCUT2D eigenvalue weighted by Crippen LogP contribution is -2.69. The Balaban J connectivity index is 1.70. The molecule has 4 N–H and O–H groups in total. The highest BCUT2D eigenvalue weighted by Gasteiger charge is 2.53. The third kappa shape index (κ3) is 4.26. The number of hydrogen-bond donors (Lipinski definition) is 4. The van der Waals surface area contributed by atoms with Gasteiger partial charge in [0.15, 0.2) is 0 Å². The molecule has 1 aromatic rings. The van der Waals surface area contributed by atoms with Gasteiger partial charge in [-0.3, -0.25) is 14.7 Å². The molecule has 2 aliphatic heterocycles. The molecule has 2 saturated heterocycles. The van der Waals surface area contributed by atoms with E-state index in [1.807, 2.05) is 6.92 Å². The van der Waals surface area contributed by atoms with Gasteiger partial charge in [0.2, 0.25) is 5.91 Å². The lowest BCUT2D eigenvalue weighted by atomic mass is 9.73. The van der Waals surface area contributed by atoms with Crippen molar-refractivity contribution in [3.8, 4) is 5.75 Å². The number of likely N-dealkylation sites (tertiary alicyclic amines) is 1. The van der Waals surface area contributed by atoms with Gasteiger partial charge in [0.05, 0.1) is 23.4 Å². The molecule has 0 bridgehead atoms. The summed E-state index contributed by atoms with van der Waals surface area (Å²) in [6.07, 6.45) is 3.04. The summed E-state index contributed by atoms with van der Waals surface area (Å²) < 4.78 is 6.09. The number of aliphatic hydroxyl groups is 2. The van der Waals surface area contributed by atoms with Crippen LogP contribution in [0.4, 0.5) is 0 Å².